The van der Waals surface area contributed by atoms with Gasteiger partial charge in [-0.25, -0.2) is 0 Å². The molecule has 1 aromatic carbocycles. The first-order valence-corrected chi connectivity index (χ1v) is 6.38. The number of carbonyl (C=O) groups excluding carboxylic acids is 1. The van der Waals surface area contributed by atoms with Gasteiger partial charge in [-0.3, -0.25) is 4.79 Å². The molecule has 2 heterocycles. The van der Waals surface area contributed by atoms with Crippen LogP contribution in [0.25, 0.3) is 0 Å². The van der Waals surface area contributed by atoms with Gasteiger partial charge in [-0.1, -0.05) is 11.6 Å². The van der Waals surface area contributed by atoms with Crippen LogP contribution in [0.5, 0.6) is 0 Å². The van der Waals surface area contributed by atoms with Gasteiger partial charge in [0, 0.05) is 10.7 Å². The van der Waals surface area contributed by atoms with E-state index in [0.29, 0.717) is 0 Å². The molecule has 2 aliphatic heterocycles. The first-order valence-electron chi connectivity index (χ1n) is 6.00. The third-order valence-corrected chi connectivity index (χ3v) is 4.12. The molecule has 1 saturated heterocycles. The molecule has 17 heavy (non-hydrogen) atoms. The highest BCUT2D eigenvalue weighted by molar-refractivity contribution is 6.30. The molecule has 1 aromatic rings. The quantitative estimate of drug-likeness (QED) is 0.741. The number of hydrogen-bond acceptors (Lipinski definition) is 2. The number of benzene rings is 1. The van der Waals surface area contributed by atoms with Crippen LogP contribution in [0.3, 0.4) is 0 Å². The molecule has 1 spiro atoms. The van der Waals surface area contributed by atoms with Crippen molar-refractivity contribution < 1.29 is 4.79 Å². The van der Waals surface area contributed by atoms with Crippen LogP contribution in [0.1, 0.15) is 18.4 Å². The molecule has 1 amide bonds. The Morgan fingerprint density at radius 2 is 2.00 bits per heavy atom. The van der Waals surface area contributed by atoms with E-state index in [1.807, 2.05) is 18.2 Å². The third kappa shape index (κ3) is 1.83. The Kier molecular flexibility index (Phi) is 2.60. The van der Waals surface area contributed by atoms with Gasteiger partial charge in [-0.15, -0.1) is 0 Å². The molecule has 90 valence electrons. The van der Waals surface area contributed by atoms with Gasteiger partial charge in [0.25, 0.3) is 0 Å². The molecule has 0 radical (unpaired) electrons. The number of rotatable bonds is 0. The standard InChI is InChI=1S/C13H15ClN2O/c14-10-1-2-11-9(7-10)8-13(12(17)16-11)3-5-15-6-4-13/h1-2,7,15H,3-6,8H2,(H,16,17). The monoisotopic (exact) mass is 250 g/mol. The average molecular weight is 251 g/mol. The van der Waals surface area contributed by atoms with Gasteiger partial charge in [0.05, 0.1) is 5.41 Å². The molecular weight excluding hydrogens is 236 g/mol. The van der Waals surface area contributed by atoms with Crippen LogP contribution >= 0.6 is 11.6 Å². The Bertz CT molecular complexity index is 466. The van der Waals surface area contributed by atoms with Crippen LogP contribution in [-0.4, -0.2) is 19.0 Å². The van der Waals surface area contributed by atoms with Crippen LogP contribution < -0.4 is 10.6 Å². The second-order valence-corrected chi connectivity index (χ2v) is 5.40. The highest BCUT2D eigenvalue weighted by atomic mass is 35.5. The van der Waals surface area contributed by atoms with Crippen LogP contribution in [-0.2, 0) is 11.2 Å². The summed E-state index contributed by atoms with van der Waals surface area (Å²) in [5.41, 5.74) is 1.87. The van der Waals surface area contributed by atoms with Gasteiger partial charge in [0.1, 0.15) is 0 Å². The molecule has 3 rings (SSSR count). The zero-order valence-electron chi connectivity index (χ0n) is 9.55. The minimum absolute atomic E-state index is 0.175. The Balaban J connectivity index is 1.98. The van der Waals surface area contributed by atoms with E-state index >= 15 is 0 Å². The second-order valence-electron chi connectivity index (χ2n) is 4.96. The summed E-state index contributed by atoms with van der Waals surface area (Å²) in [5, 5.41) is 7.07. The summed E-state index contributed by atoms with van der Waals surface area (Å²) < 4.78 is 0. The van der Waals surface area contributed by atoms with Crippen LogP contribution in [0.2, 0.25) is 5.02 Å². The molecule has 0 aromatic heterocycles. The Labute approximate surface area is 106 Å². The summed E-state index contributed by atoms with van der Waals surface area (Å²) in [6.45, 7) is 1.84. The fourth-order valence-corrected chi connectivity index (χ4v) is 3.03. The normalized spacial score (nSPS) is 22.1. The molecule has 0 aliphatic carbocycles. The largest absolute Gasteiger partial charge is 0.325 e. The topological polar surface area (TPSA) is 41.1 Å². The zero-order chi connectivity index (χ0) is 11.9. The van der Waals surface area contributed by atoms with E-state index in [-0.39, 0.29) is 11.3 Å². The predicted molar refractivity (Wildman–Crippen MR) is 68.3 cm³/mol. The molecule has 0 bridgehead atoms. The van der Waals surface area contributed by atoms with E-state index in [0.717, 1.165) is 43.1 Å². The second kappa shape index (κ2) is 4.00. The number of nitrogens with one attached hydrogen (secondary N) is 2. The number of fused-ring (bicyclic) bond motifs is 1. The van der Waals surface area contributed by atoms with Gasteiger partial charge in [-0.2, -0.15) is 0 Å². The van der Waals surface area contributed by atoms with Crippen molar-refractivity contribution in [2.75, 3.05) is 18.4 Å². The molecule has 0 atom stereocenters. The van der Waals surface area contributed by atoms with Crippen molar-refractivity contribution >= 4 is 23.2 Å². The van der Waals surface area contributed by atoms with Gasteiger partial charge in [-0.05, 0) is 56.1 Å². The summed E-state index contributed by atoms with van der Waals surface area (Å²) >= 11 is 6.02. The molecule has 2 aliphatic rings. The van der Waals surface area contributed by atoms with E-state index in [9.17, 15) is 4.79 Å². The first kappa shape index (κ1) is 11.1. The van der Waals surface area contributed by atoms with Crippen LogP contribution in [0, 0.1) is 5.41 Å². The lowest BCUT2D eigenvalue weighted by atomic mass is 9.71. The summed E-state index contributed by atoms with van der Waals surface area (Å²) in [5.74, 6) is 0.175. The smallest absolute Gasteiger partial charge is 0.231 e. The summed E-state index contributed by atoms with van der Waals surface area (Å²) in [6.07, 6.45) is 2.63. The maximum atomic E-state index is 12.2. The van der Waals surface area contributed by atoms with Crippen molar-refractivity contribution in [3.8, 4) is 0 Å². The maximum Gasteiger partial charge on any atom is 0.231 e. The minimum atomic E-state index is -0.219. The van der Waals surface area contributed by atoms with Crippen molar-refractivity contribution in [1.29, 1.82) is 0 Å². The van der Waals surface area contributed by atoms with Crippen molar-refractivity contribution in [3.63, 3.8) is 0 Å². The van der Waals surface area contributed by atoms with Gasteiger partial charge in [0.2, 0.25) is 5.91 Å². The maximum absolute atomic E-state index is 12.2. The summed E-state index contributed by atoms with van der Waals surface area (Å²) in [7, 11) is 0. The van der Waals surface area contributed by atoms with E-state index in [1.165, 1.54) is 5.56 Å². The van der Waals surface area contributed by atoms with E-state index in [2.05, 4.69) is 10.6 Å². The van der Waals surface area contributed by atoms with Crippen LogP contribution in [0.4, 0.5) is 5.69 Å². The molecule has 1 fully saturated rings. The molecule has 0 unspecified atom stereocenters. The minimum Gasteiger partial charge on any atom is -0.325 e. The number of piperidine rings is 1. The molecular formula is C13H15ClN2O. The first-order chi connectivity index (χ1) is 8.20. The van der Waals surface area contributed by atoms with E-state index < -0.39 is 0 Å². The summed E-state index contributed by atoms with van der Waals surface area (Å²) in [4.78, 5) is 12.2. The lowest BCUT2D eigenvalue weighted by Gasteiger charge is -2.40. The Hall–Kier alpha value is -1.06. The molecule has 0 saturated carbocycles. The fourth-order valence-electron chi connectivity index (χ4n) is 2.84. The van der Waals surface area contributed by atoms with Gasteiger partial charge >= 0.3 is 0 Å². The SMILES string of the molecule is O=C1Nc2ccc(Cl)cc2CC12CCNCC2. The van der Waals surface area contributed by atoms with Crippen molar-refractivity contribution in [2.45, 2.75) is 19.3 Å². The lowest BCUT2D eigenvalue weighted by molar-refractivity contribution is -0.127. The molecule has 2 N–H and O–H groups in total. The fraction of sp³-hybridized carbons (Fsp3) is 0.462. The third-order valence-electron chi connectivity index (χ3n) is 3.89. The zero-order valence-corrected chi connectivity index (χ0v) is 10.3. The molecule has 4 heteroatoms. The average Bonchev–Trinajstić information content (AvgIpc) is 2.32. The number of amides is 1. The van der Waals surface area contributed by atoms with Gasteiger partial charge < -0.3 is 10.6 Å². The molecule has 3 nitrogen and oxygen atoms in total. The van der Waals surface area contributed by atoms with Crippen LogP contribution in [0.15, 0.2) is 18.2 Å². The number of halogens is 1. The Morgan fingerprint density at radius 3 is 2.76 bits per heavy atom. The van der Waals surface area contributed by atoms with Crippen molar-refractivity contribution in [1.82, 2.24) is 5.32 Å². The highest BCUT2D eigenvalue weighted by Gasteiger charge is 2.42. The number of hydrogen-bond donors (Lipinski definition) is 2. The summed E-state index contributed by atoms with van der Waals surface area (Å²) in [6, 6.07) is 5.69. The van der Waals surface area contributed by atoms with Crippen molar-refractivity contribution in [3.05, 3.63) is 28.8 Å². The van der Waals surface area contributed by atoms with Crippen molar-refractivity contribution in [2.24, 2.45) is 5.41 Å². The Morgan fingerprint density at radius 1 is 1.24 bits per heavy atom. The van der Waals surface area contributed by atoms with E-state index in [4.69, 9.17) is 11.6 Å². The van der Waals surface area contributed by atoms with Gasteiger partial charge in [0.15, 0.2) is 0 Å². The number of carbonyl (C=O) groups is 1. The van der Waals surface area contributed by atoms with E-state index in [1.54, 1.807) is 0 Å². The highest BCUT2D eigenvalue weighted by Crippen LogP contribution is 2.40. The lowest BCUT2D eigenvalue weighted by Crippen LogP contribution is -2.48. The number of anilines is 1. The predicted octanol–water partition coefficient (Wildman–Crippen LogP) is 2.20.